The van der Waals surface area contributed by atoms with E-state index >= 15 is 0 Å². The van der Waals surface area contributed by atoms with Gasteiger partial charge in [0, 0.05) is 36.9 Å². The van der Waals surface area contributed by atoms with Crippen LogP contribution in [0.4, 0.5) is 0 Å². The van der Waals surface area contributed by atoms with Gasteiger partial charge in [-0.2, -0.15) is 5.10 Å². The molecule has 6 heteroatoms. The molecule has 1 aromatic carbocycles. The van der Waals surface area contributed by atoms with Gasteiger partial charge in [0.2, 0.25) is 0 Å². The number of rotatable bonds is 7. The molecule has 1 aliphatic carbocycles. The van der Waals surface area contributed by atoms with Crippen molar-refractivity contribution in [2.75, 3.05) is 27.2 Å². The molecule has 2 aromatic rings. The van der Waals surface area contributed by atoms with Crippen LogP contribution in [0.2, 0.25) is 0 Å². The van der Waals surface area contributed by atoms with Gasteiger partial charge in [0.1, 0.15) is 5.75 Å². The summed E-state index contributed by atoms with van der Waals surface area (Å²) >= 11 is 0. The quantitative estimate of drug-likeness (QED) is 0.614. The number of hydrogen-bond acceptors (Lipinski definition) is 4. The minimum Gasteiger partial charge on any atom is -0.497 e. The lowest BCUT2D eigenvalue weighted by Gasteiger charge is -2.32. The lowest BCUT2D eigenvalue weighted by atomic mass is 9.90. The molecular formula is C26H36N4O2. The molecule has 0 N–H and O–H groups in total. The second-order valence-electron chi connectivity index (χ2n) is 9.11. The van der Waals surface area contributed by atoms with Gasteiger partial charge in [0.25, 0.3) is 5.91 Å². The van der Waals surface area contributed by atoms with E-state index in [9.17, 15) is 4.79 Å². The number of hydrogen-bond donors (Lipinski definition) is 0. The van der Waals surface area contributed by atoms with Crippen molar-refractivity contribution < 1.29 is 9.53 Å². The van der Waals surface area contributed by atoms with Gasteiger partial charge in [-0.25, -0.2) is 0 Å². The fraction of sp³-hybridized carbons (Fsp3) is 0.538. The van der Waals surface area contributed by atoms with Crippen LogP contribution in [0.3, 0.4) is 0 Å². The van der Waals surface area contributed by atoms with Crippen LogP contribution in [0.25, 0.3) is 0 Å². The van der Waals surface area contributed by atoms with E-state index in [1.54, 1.807) is 7.11 Å². The van der Waals surface area contributed by atoms with Gasteiger partial charge in [-0.05, 0) is 56.8 Å². The van der Waals surface area contributed by atoms with E-state index < -0.39 is 0 Å². The maximum Gasteiger partial charge on any atom is 0.274 e. The summed E-state index contributed by atoms with van der Waals surface area (Å²) in [6.45, 7) is 7.09. The van der Waals surface area contributed by atoms with Gasteiger partial charge < -0.3 is 9.64 Å². The zero-order valence-electron chi connectivity index (χ0n) is 19.6. The Bertz CT molecular complexity index is 943. The summed E-state index contributed by atoms with van der Waals surface area (Å²) in [5.74, 6) is 1.000. The highest BCUT2D eigenvalue weighted by Gasteiger charge is 2.32. The van der Waals surface area contributed by atoms with Crippen molar-refractivity contribution in [3.63, 3.8) is 0 Å². The molecule has 0 radical (unpaired) electrons. The first kappa shape index (κ1) is 22.6. The van der Waals surface area contributed by atoms with Gasteiger partial charge >= 0.3 is 0 Å². The van der Waals surface area contributed by atoms with Gasteiger partial charge in [0.15, 0.2) is 5.69 Å². The van der Waals surface area contributed by atoms with Crippen molar-refractivity contribution in [1.29, 1.82) is 0 Å². The number of ether oxygens (including phenoxy) is 1. The van der Waals surface area contributed by atoms with Gasteiger partial charge in [-0.1, -0.05) is 31.1 Å². The number of fused-ring (bicyclic) bond motifs is 1. The second kappa shape index (κ2) is 10.3. The lowest BCUT2D eigenvalue weighted by Crippen LogP contribution is -2.37. The molecule has 6 nitrogen and oxygen atoms in total. The minimum absolute atomic E-state index is 0.113. The number of carbonyl (C=O) groups is 1. The minimum atomic E-state index is 0.113. The van der Waals surface area contributed by atoms with Crippen LogP contribution >= 0.6 is 0 Å². The molecule has 0 bridgehead atoms. The van der Waals surface area contributed by atoms with Crippen LogP contribution in [-0.2, 0) is 25.9 Å². The second-order valence-corrected chi connectivity index (χ2v) is 9.11. The standard InChI is InChI=1S/C26H36N4O2/c1-4-14-30-24-13-12-21(28(2)19-20-10-9-11-22(17-20)32-3)18-23(24)25(27-30)26(31)29-15-7-5-6-8-16-29/h4,9-11,17,21H,1,5-8,12-16,18-19H2,2-3H3. The Labute approximate surface area is 191 Å². The molecule has 32 heavy (non-hydrogen) atoms. The molecule has 1 aromatic heterocycles. The largest absolute Gasteiger partial charge is 0.497 e. The third kappa shape index (κ3) is 4.90. The topological polar surface area (TPSA) is 50.6 Å². The highest BCUT2D eigenvalue weighted by Crippen LogP contribution is 2.29. The average molecular weight is 437 g/mol. The van der Waals surface area contributed by atoms with Crippen molar-refractivity contribution in [3.8, 4) is 5.75 Å². The Balaban J connectivity index is 1.55. The number of amides is 1. The number of aromatic nitrogens is 2. The van der Waals surface area contributed by atoms with E-state index in [0.29, 0.717) is 18.3 Å². The van der Waals surface area contributed by atoms with Crippen molar-refractivity contribution in [2.45, 2.75) is 64.1 Å². The number of allylic oxidation sites excluding steroid dienone is 1. The van der Waals surface area contributed by atoms with Crippen LogP contribution in [0, 0.1) is 0 Å². The molecule has 1 atom stereocenters. The molecule has 4 rings (SSSR count). The van der Waals surface area contributed by atoms with Crippen molar-refractivity contribution in [1.82, 2.24) is 19.6 Å². The van der Waals surface area contributed by atoms with Gasteiger partial charge in [-0.15, -0.1) is 6.58 Å². The van der Waals surface area contributed by atoms with E-state index in [2.05, 4.69) is 30.7 Å². The number of likely N-dealkylation sites (N-methyl/N-ethyl adjacent to an activating group) is 1. The van der Waals surface area contributed by atoms with E-state index in [-0.39, 0.29) is 5.91 Å². The summed E-state index contributed by atoms with van der Waals surface area (Å²) < 4.78 is 7.39. The van der Waals surface area contributed by atoms with E-state index in [1.165, 1.54) is 24.1 Å². The fourth-order valence-corrected chi connectivity index (χ4v) is 5.10. The zero-order chi connectivity index (χ0) is 22.5. The molecule has 1 fully saturated rings. The first-order chi connectivity index (χ1) is 15.6. The first-order valence-corrected chi connectivity index (χ1v) is 11.9. The Kier molecular flexibility index (Phi) is 7.30. The fourth-order valence-electron chi connectivity index (χ4n) is 5.10. The van der Waals surface area contributed by atoms with Crippen LogP contribution in [0.15, 0.2) is 36.9 Å². The van der Waals surface area contributed by atoms with Crippen molar-refractivity contribution in [3.05, 3.63) is 59.4 Å². The molecule has 1 unspecified atom stereocenters. The average Bonchev–Trinajstić information content (AvgIpc) is 2.98. The third-order valence-electron chi connectivity index (χ3n) is 6.91. The molecule has 0 spiro atoms. The Morgan fingerprint density at radius 1 is 1.28 bits per heavy atom. The smallest absolute Gasteiger partial charge is 0.274 e. The van der Waals surface area contributed by atoms with Crippen LogP contribution in [-0.4, -0.2) is 58.8 Å². The number of benzene rings is 1. The molecule has 172 valence electrons. The summed E-state index contributed by atoms with van der Waals surface area (Å²) in [6, 6.07) is 8.64. The van der Waals surface area contributed by atoms with Crippen molar-refractivity contribution >= 4 is 5.91 Å². The molecule has 1 saturated heterocycles. The maximum atomic E-state index is 13.5. The monoisotopic (exact) mass is 436 g/mol. The van der Waals surface area contributed by atoms with Gasteiger partial charge in [-0.3, -0.25) is 14.4 Å². The lowest BCUT2D eigenvalue weighted by molar-refractivity contribution is 0.0753. The number of likely N-dealkylation sites (tertiary alicyclic amines) is 1. The zero-order valence-corrected chi connectivity index (χ0v) is 19.6. The summed E-state index contributed by atoms with van der Waals surface area (Å²) in [5.41, 5.74) is 4.27. The van der Waals surface area contributed by atoms with E-state index in [4.69, 9.17) is 9.84 Å². The Morgan fingerprint density at radius 2 is 2.06 bits per heavy atom. The van der Waals surface area contributed by atoms with Crippen LogP contribution in [0.1, 0.15) is 59.4 Å². The molecule has 0 saturated carbocycles. The number of nitrogens with zero attached hydrogens (tertiary/aromatic N) is 4. The predicted molar refractivity (Wildman–Crippen MR) is 127 cm³/mol. The van der Waals surface area contributed by atoms with Crippen molar-refractivity contribution in [2.24, 2.45) is 0 Å². The summed E-state index contributed by atoms with van der Waals surface area (Å²) in [7, 11) is 3.88. The van der Waals surface area contributed by atoms with E-state index in [0.717, 1.165) is 63.1 Å². The Morgan fingerprint density at radius 3 is 2.78 bits per heavy atom. The number of methoxy groups -OCH3 is 1. The summed E-state index contributed by atoms with van der Waals surface area (Å²) in [6.07, 6.45) is 9.34. The summed E-state index contributed by atoms with van der Waals surface area (Å²) in [5, 5.41) is 4.81. The normalized spacial score (nSPS) is 18.8. The van der Waals surface area contributed by atoms with Crippen LogP contribution in [0.5, 0.6) is 5.75 Å². The maximum absolute atomic E-state index is 13.5. The molecular weight excluding hydrogens is 400 g/mol. The Hall–Kier alpha value is -2.60. The highest BCUT2D eigenvalue weighted by atomic mass is 16.5. The molecule has 2 aliphatic rings. The van der Waals surface area contributed by atoms with Crippen LogP contribution < -0.4 is 4.74 Å². The molecule has 1 amide bonds. The summed E-state index contributed by atoms with van der Waals surface area (Å²) in [4.78, 5) is 17.9. The first-order valence-electron chi connectivity index (χ1n) is 11.9. The van der Waals surface area contributed by atoms with E-state index in [1.807, 2.05) is 27.8 Å². The van der Waals surface area contributed by atoms with Gasteiger partial charge in [0.05, 0.1) is 13.7 Å². The predicted octanol–water partition coefficient (Wildman–Crippen LogP) is 4.08. The highest BCUT2D eigenvalue weighted by molar-refractivity contribution is 5.94. The molecule has 1 aliphatic heterocycles. The number of carbonyl (C=O) groups excluding carboxylic acids is 1. The SMILES string of the molecule is C=CCn1nc(C(=O)N2CCCCCC2)c2c1CCC(N(C)Cc1cccc(OC)c1)C2. The third-order valence-corrected chi connectivity index (χ3v) is 6.91. The molecule has 2 heterocycles.